The maximum Gasteiger partial charge on any atom is 0.133 e. The van der Waals surface area contributed by atoms with Gasteiger partial charge in [0.1, 0.15) is 5.82 Å². The van der Waals surface area contributed by atoms with E-state index < -0.39 is 0 Å². The van der Waals surface area contributed by atoms with Crippen LogP contribution in [-0.4, -0.2) is 19.6 Å². The number of rotatable bonds is 1. The minimum absolute atomic E-state index is 0.173. The zero-order chi connectivity index (χ0) is 13.4. The number of benzene rings is 2. The van der Waals surface area contributed by atoms with E-state index in [4.69, 9.17) is 0 Å². The number of hydrogen-bond donors (Lipinski definition) is 1. The highest BCUT2D eigenvalue weighted by atomic mass is 19.1. The summed E-state index contributed by atoms with van der Waals surface area (Å²) < 4.78 is 14.3. The third kappa shape index (κ3) is 2.05. The topological polar surface area (TPSA) is 15.3 Å². The summed E-state index contributed by atoms with van der Waals surface area (Å²) in [6.07, 6.45) is 0. The summed E-state index contributed by atoms with van der Waals surface area (Å²) in [7, 11) is 2.02. The zero-order valence-electron chi connectivity index (χ0n) is 11.2. The van der Waals surface area contributed by atoms with Crippen LogP contribution in [-0.2, 0) is 0 Å². The second-order valence-electron chi connectivity index (χ2n) is 5.11. The van der Waals surface area contributed by atoms with Gasteiger partial charge in [0, 0.05) is 25.2 Å². The second kappa shape index (κ2) is 4.57. The summed E-state index contributed by atoms with van der Waals surface area (Å²) in [5.74, 6) is -0.173. The van der Waals surface area contributed by atoms with Crippen molar-refractivity contribution in [2.24, 2.45) is 0 Å². The van der Waals surface area contributed by atoms with Gasteiger partial charge in [0.15, 0.2) is 0 Å². The molecule has 2 nitrogen and oxygen atoms in total. The fourth-order valence-electron chi connectivity index (χ4n) is 2.77. The third-order valence-electron chi connectivity index (χ3n) is 3.52. The Morgan fingerprint density at radius 2 is 1.89 bits per heavy atom. The molecule has 3 heteroatoms. The Labute approximate surface area is 112 Å². The molecule has 0 saturated carbocycles. The molecule has 1 heterocycles. The third-order valence-corrected chi connectivity index (χ3v) is 3.52. The van der Waals surface area contributed by atoms with Crippen molar-refractivity contribution >= 4 is 11.4 Å². The molecule has 1 atom stereocenters. The standard InChI is InChI=1S/C16H17FN2/c1-11-10-19(2)16-14(18-11)9-8-13(17)15(16)12-6-4-3-5-7-12/h3-9,11,18H,10H2,1-2H3. The normalized spacial score (nSPS) is 17.8. The van der Waals surface area contributed by atoms with Crippen molar-refractivity contribution in [3.05, 3.63) is 48.3 Å². The van der Waals surface area contributed by atoms with Gasteiger partial charge < -0.3 is 10.2 Å². The highest BCUT2D eigenvalue weighted by Crippen LogP contribution is 2.40. The molecule has 0 fully saturated rings. The first kappa shape index (κ1) is 12.0. The second-order valence-corrected chi connectivity index (χ2v) is 5.11. The Balaban J connectivity index is 2.22. The number of likely N-dealkylation sites (N-methyl/N-ethyl adjacent to an activating group) is 1. The highest BCUT2D eigenvalue weighted by Gasteiger charge is 2.24. The molecule has 0 saturated heterocycles. The average molecular weight is 256 g/mol. The van der Waals surface area contributed by atoms with E-state index >= 15 is 0 Å². The van der Waals surface area contributed by atoms with E-state index in [1.165, 1.54) is 0 Å². The summed E-state index contributed by atoms with van der Waals surface area (Å²) in [5, 5.41) is 3.42. The van der Waals surface area contributed by atoms with Crippen molar-refractivity contribution in [2.45, 2.75) is 13.0 Å². The Bertz CT molecular complexity index is 595. The maximum absolute atomic E-state index is 14.3. The van der Waals surface area contributed by atoms with E-state index in [-0.39, 0.29) is 5.82 Å². The molecule has 1 aliphatic rings. The van der Waals surface area contributed by atoms with Gasteiger partial charge in [-0.1, -0.05) is 30.3 Å². The van der Waals surface area contributed by atoms with Crippen LogP contribution in [0.5, 0.6) is 0 Å². The van der Waals surface area contributed by atoms with Crippen molar-refractivity contribution in [2.75, 3.05) is 23.8 Å². The van der Waals surface area contributed by atoms with Crippen LogP contribution < -0.4 is 10.2 Å². The molecule has 0 aromatic heterocycles. The minimum Gasteiger partial charge on any atom is -0.379 e. The first-order valence-electron chi connectivity index (χ1n) is 6.52. The fraction of sp³-hybridized carbons (Fsp3) is 0.250. The van der Waals surface area contributed by atoms with E-state index in [2.05, 4.69) is 17.1 Å². The van der Waals surface area contributed by atoms with Gasteiger partial charge in [-0.25, -0.2) is 4.39 Å². The van der Waals surface area contributed by atoms with Gasteiger partial charge in [0.2, 0.25) is 0 Å². The number of nitrogens with zero attached hydrogens (tertiary/aromatic N) is 1. The van der Waals surface area contributed by atoms with E-state index in [0.29, 0.717) is 11.6 Å². The van der Waals surface area contributed by atoms with Crippen LogP contribution in [0.4, 0.5) is 15.8 Å². The zero-order valence-corrected chi connectivity index (χ0v) is 11.2. The van der Waals surface area contributed by atoms with Gasteiger partial charge in [-0.05, 0) is 24.6 Å². The van der Waals surface area contributed by atoms with Crippen molar-refractivity contribution in [3.8, 4) is 11.1 Å². The van der Waals surface area contributed by atoms with Crippen LogP contribution in [0, 0.1) is 5.82 Å². The van der Waals surface area contributed by atoms with Gasteiger partial charge in [-0.15, -0.1) is 0 Å². The van der Waals surface area contributed by atoms with Crippen LogP contribution in [0.3, 0.4) is 0 Å². The summed E-state index contributed by atoms with van der Waals surface area (Å²) >= 11 is 0. The molecule has 2 aromatic rings. The molecule has 1 N–H and O–H groups in total. The van der Waals surface area contributed by atoms with Crippen LogP contribution >= 0.6 is 0 Å². The van der Waals surface area contributed by atoms with Crippen LogP contribution in [0.1, 0.15) is 6.92 Å². The maximum atomic E-state index is 14.3. The molecule has 0 bridgehead atoms. The summed E-state index contributed by atoms with van der Waals surface area (Å²) in [5.41, 5.74) is 3.55. The van der Waals surface area contributed by atoms with E-state index in [1.807, 2.05) is 43.4 Å². The lowest BCUT2D eigenvalue weighted by Gasteiger charge is -2.35. The smallest absolute Gasteiger partial charge is 0.133 e. The molecule has 0 spiro atoms. The SMILES string of the molecule is CC1CN(C)c2c(ccc(F)c2-c2ccccc2)N1. The first-order chi connectivity index (χ1) is 9.16. The Hall–Kier alpha value is -2.03. The lowest BCUT2D eigenvalue weighted by atomic mass is 9.99. The van der Waals surface area contributed by atoms with Crippen molar-refractivity contribution in [1.82, 2.24) is 0 Å². The molecule has 0 amide bonds. The molecular formula is C16H17FN2. The molecule has 3 rings (SSSR count). The molecule has 19 heavy (non-hydrogen) atoms. The van der Waals surface area contributed by atoms with Gasteiger partial charge in [0.05, 0.1) is 11.4 Å². The molecule has 98 valence electrons. The fourth-order valence-corrected chi connectivity index (χ4v) is 2.77. The minimum atomic E-state index is -0.173. The molecule has 1 aliphatic heterocycles. The van der Waals surface area contributed by atoms with Gasteiger partial charge >= 0.3 is 0 Å². The highest BCUT2D eigenvalue weighted by molar-refractivity contribution is 5.89. The molecular weight excluding hydrogens is 239 g/mol. The van der Waals surface area contributed by atoms with Gasteiger partial charge in [-0.3, -0.25) is 0 Å². The van der Waals surface area contributed by atoms with Crippen molar-refractivity contribution in [1.29, 1.82) is 0 Å². The number of anilines is 2. The summed E-state index contributed by atoms with van der Waals surface area (Å²) in [6, 6.07) is 13.4. The lowest BCUT2D eigenvalue weighted by Crippen LogP contribution is -2.37. The van der Waals surface area contributed by atoms with Crippen molar-refractivity contribution < 1.29 is 4.39 Å². The van der Waals surface area contributed by atoms with Gasteiger partial charge in [-0.2, -0.15) is 0 Å². The number of hydrogen-bond acceptors (Lipinski definition) is 2. The van der Waals surface area contributed by atoms with E-state index in [0.717, 1.165) is 23.5 Å². The molecule has 2 aromatic carbocycles. The van der Waals surface area contributed by atoms with Crippen molar-refractivity contribution in [3.63, 3.8) is 0 Å². The van der Waals surface area contributed by atoms with E-state index in [9.17, 15) is 4.39 Å². The summed E-state index contributed by atoms with van der Waals surface area (Å²) in [4.78, 5) is 2.13. The van der Waals surface area contributed by atoms with E-state index in [1.54, 1.807) is 6.07 Å². The number of fused-ring (bicyclic) bond motifs is 1. The Morgan fingerprint density at radius 1 is 1.16 bits per heavy atom. The molecule has 0 aliphatic carbocycles. The van der Waals surface area contributed by atoms with Gasteiger partial charge in [0.25, 0.3) is 0 Å². The Kier molecular flexibility index (Phi) is 2.90. The van der Waals surface area contributed by atoms with Crippen LogP contribution in [0.15, 0.2) is 42.5 Å². The van der Waals surface area contributed by atoms with Crippen LogP contribution in [0.2, 0.25) is 0 Å². The quantitative estimate of drug-likeness (QED) is 0.836. The Morgan fingerprint density at radius 3 is 2.63 bits per heavy atom. The monoisotopic (exact) mass is 256 g/mol. The first-order valence-corrected chi connectivity index (χ1v) is 6.52. The predicted molar refractivity (Wildman–Crippen MR) is 78.2 cm³/mol. The molecule has 0 radical (unpaired) electrons. The summed E-state index contributed by atoms with van der Waals surface area (Å²) in [6.45, 7) is 3.00. The number of halogens is 1. The molecule has 1 unspecified atom stereocenters. The number of nitrogens with one attached hydrogen (secondary N) is 1. The predicted octanol–water partition coefficient (Wildman–Crippen LogP) is 3.74. The average Bonchev–Trinajstić information content (AvgIpc) is 2.40. The largest absolute Gasteiger partial charge is 0.379 e. The van der Waals surface area contributed by atoms with Crippen LogP contribution in [0.25, 0.3) is 11.1 Å². The lowest BCUT2D eigenvalue weighted by molar-refractivity contribution is 0.628.